The number of hydrogen-bond donors (Lipinski definition) is 4. The molecule has 12 aromatic rings. The van der Waals surface area contributed by atoms with Gasteiger partial charge in [0, 0.05) is 63.9 Å². The highest BCUT2D eigenvalue weighted by Crippen LogP contribution is 2.41. The molecular weight excluding hydrogens is 927 g/mol. The highest BCUT2D eigenvalue weighted by atomic mass is 16.5. The Morgan fingerprint density at radius 3 is 1.03 bits per heavy atom. The fourth-order valence-electron chi connectivity index (χ4n) is 10.3. The molecule has 0 saturated carbocycles. The van der Waals surface area contributed by atoms with Crippen LogP contribution in [0.1, 0.15) is 16.7 Å². The molecule has 3 heterocycles. The zero-order chi connectivity index (χ0) is 49.0. The van der Waals surface area contributed by atoms with Crippen LogP contribution in [0.4, 0.5) is 0 Å². The van der Waals surface area contributed by atoms with Crippen LogP contribution < -0.4 is 28.5 Å². The van der Waals surface area contributed by atoms with Gasteiger partial charge in [-0.05, 0) is 72.2 Å². The van der Waals surface area contributed by atoms with E-state index in [1.54, 1.807) is 6.07 Å². The van der Waals surface area contributed by atoms with Gasteiger partial charge in [0.2, 0.25) is 33.1 Å². The van der Waals surface area contributed by atoms with Gasteiger partial charge in [-0.25, -0.2) is 0 Å². The SMILES string of the molecule is O[B]Oc1ccccc1C[n+]1c2ccccc2c(-c2c3ccccc3[n+](Cc3ccccc3B(O)O)c3ccccc23)c2ccccc21.O[B]Oc1ccccc1C[n+]1c2ccccc2cc2ccccc21.[CH3-].[CH3-].[CH3-]. The molecule has 0 aliphatic rings. The number of hydrogen-bond acceptors (Lipinski definition) is 6. The van der Waals surface area contributed by atoms with Crippen molar-refractivity contribution in [3.05, 3.63) is 263 Å². The number of fused-ring (bicyclic) bond motifs is 6. The van der Waals surface area contributed by atoms with Crippen LogP contribution in [0.25, 0.3) is 76.5 Å². The van der Waals surface area contributed by atoms with Crippen LogP contribution in [0.15, 0.2) is 224 Å². The highest BCUT2D eigenvalue weighted by molar-refractivity contribution is 6.59. The van der Waals surface area contributed by atoms with E-state index in [0.717, 1.165) is 86.8 Å². The first kappa shape index (κ1) is 52.9. The predicted molar refractivity (Wildman–Crippen MR) is 307 cm³/mol. The van der Waals surface area contributed by atoms with Crippen LogP contribution in [0.2, 0.25) is 0 Å². The summed E-state index contributed by atoms with van der Waals surface area (Å²) < 4.78 is 17.6. The molecular formula is C63H56B3N3O6. The monoisotopic (exact) mass is 983 g/mol. The van der Waals surface area contributed by atoms with E-state index >= 15 is 0 Å². The Labute approximate surface area is 440 Å². The molecule has 0 aliphatic heterocycles. The molecule has 9 nitrogen and oxygen atoms in total. The molecule has 3 aromatic heterocycles. The average molecular weight is 984 g/mol. The zero-order valence-corrected chi connectivity index (χ0v) is 42.2. The average Bonchev–Trinajstić information content (AvgIpc) is 3.43. The first-order chi connectivity index (χ1) is 35.5. The molecule has 9 aromatic carbocycles. The van der Waals surface area contributed by atoms with E-state index in [9.17, 15) is 15.1 Å². The maximum atomic E-state index is 10.2. The second-order valence-electron chi connectivity index (χ2n) is 17.6. The Morgan fingerprint density at radius 1 is 0.347 bits per heavy atom. The van der Waals surface area contributed by atoms with E-state index in [0.29, 0.717) is 36.6 Å². The minimum Gasteiger partial charge on any atom is -0.537 e. The topological polar surface area (TPSA) is 111 Å². The van der Waals surface area contributed by atoms with Crippen molar-refractivity contribution >= 4 is 93.4 Å². The summed E-state index contributed by atoms with van der Waals surface area (Å²) in [4.78, 5) is 0. The number of benzene rings is 9. The van der Waals surface area contributed by atoms with E-state index in [-0.39, 0.29) is 22.3 Å². The van der Waals surface area contributed by atoms with Crippen molar-refractivity contribution in [1.82, 2.24) is 0 Å². The second kappa shape index (κ2) is 23.7. The quantitative estimate of drug-likeness (QED) is 0.0420. The van der Waals surface area contributed by atoms with Crippen molar-refractivity contribution in [1.29, 1.82) is 0 Å². The van der Waals surface area contributed by atoms with E-state index in [1.165, 1.54) is 21.8 Å². The van der Waals surface area contributed by atoms with Gasteiger partial charge >= 0.3 is 22.5 Å². The molecule has 0 bridgehead atoms. The number of pyridine rings is 3. The number of aromatic nitrogens is 3. The van der Waals surface area contributed by atoms with Gasteiger partial charge in [-0.1, -0.05) is 121 Å². The minimum absolute atomic E-state index is 0. The van der Waals surface area contributed by atoms with Gasteiger partial charge in [0.25, 0.3) is 0 Å². The van der Waals surface area contributed by atoms with Gasteiger partial charge in [-0.3, -0.25) is 0 Å². The lowest BCUT2D eigenvalue weighted by atomic mass is 9.77. The van der Waals surface area contributed by atoms with Gasteiger partial charge in [0.1, 0.15) is 11.5 Å². The molecule has 12 heteroatoms. The lowest BCUT2D eigenvalue weighted by Gasteiger charge is -2.17. The minimum atomic E-state index is -1.56. The summed E-state index contributed by atoms with van der Waals surface area (Å²) in [6.07, 6.45) is 0. The normalized spacial score (nSPS) is 10.8. The third kappa shape index (κ3) is 10.3. The Kier molecular flexibility index (Phi) is 16.7. The molecule has 0 fully saturated rings. The molecule has 12 rings (SSSR count). The Morgan fingerprint density at radius 2 is 0.640 bits per heavy atom. The van der Waals surface area contributed by atoms with Crippen molar-refractivity contribution in [2.24, 2.45) is 0 Å². The molecule has 0 spiro atoms. The molecule has 0 aliphatic carbocycles. The largest absolute Gasteiger partial charge is 0.569 e. The van der Waals surface area contributed by atoms with Gasteiger partial charge in [0.15, 0.2) is 19.6 Å². The molecule has 0 saturated heterocycles. The van der Waals surface area contributed by atoms with Gasteiger partial charge in [0.05, 0.1) is 32.7 Å². The summed E-state index contributed by atoms with van der Waals surface area (Å²) in [6, 6.07) is 75.9. The Bertz CT molecular complexity index is 3800. The van der Waals surface area contributed by atoms with E-state index in [2.05, 4.69) is 165 Å². The van der Waals surface area contributed by atoms with Crippen molar-refractivity contribution in [2.75, 3.05) is 0 Å². The second-order valence-corrected chi connectivity index (χ2v) is 17.6. The molecule has 0 unspecified atom stereocenters. The first-order valence-electron chi connectivity index (χ1n) is 23.8. The number of nitrogens with zero attached hydrogens (tertiary/aromatic N) is 3. The standard InChI is InChI=1S/C40H31B2N2O4.C20H16BNO2.3CH3/c45-41-48-38-24-12-2-14-28(38)26-44-36-22-10-5-17-31(36)40(32-18-6-11-23-37(32)44)39-29-15-3-8-20-34(29)43(35-21-9-4-16-30(35)39)25-27-13-1-7-19-33(27)42(46)47;23-21-24-20-12-6-3-9-17(20)14-22-18-10-4-1-7-15(18)13-16-8-2-5-11-19(16)22;;;/h1-24,45-47H,25-26H2;1-13,23H,14H2;3*1H3/q+2;+1;3*-1. The molecule has 2 radical (unpaired) electrons. The molecule has 368 valence electrons. The summed E-state index contributed by atoms with van der Waals surface area (Å²) in [7, 11) is -0.108. The Hall–Kier alpha value is -8.38. The summed E-state index contributed by atoms with van der Waals surface area (Å²) in [5.41, 5.74) is 12.2. The summed E-state index contributed by atoms with van der Waals surface area (Å²) in [5, 5.41) is 45.6. The van der Waals surface area contributed by atoms with Crippen LogP contribution in [0, 0.1) is 22.3 Å². The lowest BCUT2D eigenvalue weighted by Crippen LogP contribution is -2.42. The predicted octanol–water partition coefficient (Wildman–Crippen LogP) is 9.81. The fraction of sp³-hybridized carbons (Fsp3) is 0.0476. The molecule has 0 amide bonds. The maximum Gasteiger partial charge on any atom is 0.569 e. The molecule has 75 heavy (non-hydrogen) atoms. The summed E-state index contributed by atoms with van der Waals surface area (Å²) >= 11 is 0. The van der Waals surface area contributed by atoms with Crippen molar-refractivity contribution in [3.63, 3.8) is 0 Å². The van der Waals surface area contributed by atoms with Crippen molar-refractivity contribution < 1.29 is 43.1 Å². The fourth-order valence-corrected chi connectivity index (χ4v) is 10.3. The first-order valence-corrected chi connectivity index (χ1v) is 23.8. The number of para-hydroxylation sites is 8. The molecule has 4 N–H and O–H groups in total. The van der Waals surface area contributed by atoms with Crippen molar-refractivity contribution in [3.8, 4) is 22.6 Å². The smallest absolute Gasteiger partial charge is 0.537 e. The maximum absolute atomic E-state index is 10.2. The van der Waals surface area contributed by atoms with E-state index in [4.69, 9.17) is 14.3 Å². The zero-order valence-electron chi connectivity index (χ0n) is 42.2. The summed E-state index contributed by atoms with van der Waals surface area (Å²) in [6.45, 7) is 1.67. The van der Waals surface area contributed by atoms with Crippen LogP contribution >= 0.6 is 0 Å². The van der Waals surface area contributed by atoms with Crippen LogP contribution in [0.5, 0.6) is 11.5 Å². The van der Waals surface area contributed by atoms with Crippen molar-refractivity contribution in [2.45, 2.75) is 19.6 Å². The third-order valence-corrected chi connectivity index (χ3v) is 13.5. The van der Waals surface area contributed by atoms with Crippen LogP contribution in [-0.4, -0.2) is 42.6 Å². The lowest BCUT2D eigenvalue weighted by molar-refractivity contribution is -0.636. The van der Waals surface area contributed by atoms with Crippen LogP contribution in [-0.2, 0) is 19.6 Å². The summed E-state index contributed by atoms with van der Waals surface area (Å²) in [5.74, 6) is 1.26. The van der Waals surface area contributed by atoms with Gasteiger partial charge in [-0.15, -0.1) is 0 Å². The van der Waals surface area contributed by atoms with Gasteiger partial charge < -0.3 is 51.7 Å². The van der Waals surface area contributed by atoms with Crippen LogP contribution in [0.3, 0.4) is 0 Å². The Balaban J connectivity index is 0.000000234. The molecule has 0 atom stereocenters. The third-order valence-electron chi connectivity index (χ3n) is 13.5. The van der Waals surface area contributed by atoms with E-state index in [1.807, 2.05) is 66.7 Å². The highest BCUT2D eigenvalue weighted by Gasteiger charge is 2.29. The number of rotatable bonds is 12. The van der Waals surface area contributed by atoms with E-state index < -0.39 is 7.12 Å². The van der Waals surface area contributed by atoms with Gasteiger partial charge in [-0.2, -0.15) is 13.7 Å².